The van der Waals surface area contributed by atoms with Crippen LogP contribution in [0.3, 0.4) is 0 Å². The molecule has 4 nitrogen and oxygen atoms in total. The van der Waals surface area contributed by atoms with Gasteiger partial charge in [-0.2, -0.15) is 0 Å². The maximum atomic E-state index is 4.63. The summed E-state index contributed by atoms with van der Waals surface area (Å²) in [5.74, 6) is 0.807. The third-order valence-corrected chi connectivity index (χ3v) is 5.22. The van der Waals surface area contributed by atoms with E-state index in [1.807, 2.05) is 13.1 Å². The van der Waals surface area contributed by atoms with Gasteiger partial charge in [0.15, 0.2) is 10.1 Å². The van der Waals surface area contributed by atoms with Crippen molar-refractivity contribution in [3.05, 3.63) is 33.3 Å². The Hall–Kier alpha value is -0.790. The maximum Gasteiger partial charge on any atom is 0.195 e. The van der Waals surface area contributed by atoms with E-state index in [1.54, 1.807) is 23.1 Å². The number of aromatic amines is 1. The minimum atomic E-state index is 0.807. The number of aromatic nitrogens is 4. The number of thioether (sulfide) groups is 1. The molecule has 7 heteroatoms. The minimum Gasteiger partial charge on any atom is -0.337 e. The molecule has 0 saturated carbocycles. The monoisotopic (exact) mass is 342 g/mol. The Morgan fingerprint density at radius 2 is 2.33 bits per heavy atom. The Morgan fingerprint density at radius 1 is 1.50 bits per heavy atom. The third kappa shape index (κ3) is 2.10. The first-order valence-corrected chi connectivity index (χ1v) is 8.06. The Kier molecular flexibility index (Phi) is 3.21. The summed E-state index contributed by atoms with van der Waals surface area (Å²) >= 11 is 6.95. The highest BCUT2D eigenvalue weighted by atomic mass is 79.9. The lowest BCUT2D eigenvalue weighted by atomic mass is 10.5. The van der Waals surface area contributed by atoms with Crippen LogP contribution in [-0.2, 0) is 5.75 Å². The maximum absolute atomic E-state index is 4.63. The van der Waals surface area contributed by atoms with Crippen LogP contribution < -0.4 is 0 Å². The summed E-state index contributed by atoms with van der Waals surface area (Å²) in [5.41, 5.74) is 3.35. The molecule has 18 heavy (non-hydrogen) atoms. The molecule has 0 aliphatic rings. The molecular formula is C11H11BrN4S2. The van der Waals surface area contributed by atoms with E-state index < -0.39 is 0 Å². The molecule has 1 N–H and O–H groups in total. The lowest BCUT2D eigenvalue weighted by molar-refractivity contribution is 1.04. The highest BCUT2D eigenvalue weighted by Gasteiger charge is 2.13. The molecule has 0 aromatic carbocycles. The number of halogens is 1. The van der Waals surface area contributed by atoms with Gasteiger partial charge in [0.05, 0.1) is 5.69 Å². The van der Waals surface area contributed by atoms with Crippen molar-refractivity contribution >= 4 is 44.0 Å². The van der Waals surface area contributed by atoms with Crippen LogP contribution in [-0.4, -0.2) is 19.4 Å². The fourth-order valence-electron chi connectivity index (χ4n) is 1.69. The molecule has 3 aromatic rings. The first-order chi connectivity index (χ1) is 8.65. The second-order valence-electron chi connectivity index (χ2n) is 4.00. The fraction of sp³-hybridized carbons (Fsp3) is 0.273. The van der Waals surface area contributed by atoms with Gasteiger partial charge in [-0.15, -0.1) is 11.3 Å². The van der Waals surface area contributed by atoms with Gasteiger partial charge in [-0.3, -0.25) is 4.40 Å². The van der Waals surface area contributed by atoms with Gasteiger partial charge in [0.2, 0.25) is 0 Å². The zero-order chi connectivity index (χ0) is 12.7. The molecule has 0 fully saturated rings. The zero-order valence-corrected chi connectivity index (χ0v) is 13.1. The van der Waals surface area contributed by atoms with Crippen LogP contribution in [0.25, 0.3) is 4.96 Å². The largest absolute Gasteiger partial charge is 0.337 e. The Bertz CT molecular complexity index is 697. The summed E-state index contributed by atoms with van der Waals surface area (Å²) in [4.78, 5) is 13.1. The minimum absolute atomic E-state index is 0.807. The number of hydrogen-bond acceptors (Lipinski definition) is 4. The molecule has 0 radical (unpaired) electrons. The van der Waals surface area contributed by atoms with Crippen LogP contribution in [0.15, 0.2) is 21.3 Å². The van der Waals surface area contributed by atoms with Crippen LogP contribution in [0.1, 0.15) is 17.1 Å². The van der Waals surface area contributed by atoms with Crippen LogP contribution >= 0.6 is 39.0 Å². The van der Waals surface area contributed by atoms with Crippen LogP contribution in [0.5, 0.6) is 0 Å². The predicted octanol–water partition coefficient (Wildman–Crippen LogP) is 3.79. The number of imidazole rings is 2. The number of thiazole rings is 1. The van der Waals surface area contributed by atoms with E-state index in [0.717, 1.165) is 31.9 Å². The molecule has 3 aromatic heterocycles. The van der Waals surface area contributed by atoms with Crippen molar-refractivity contribution in [1.29, 1.82) is 0 Å². The topological polar surface area (TPSA) is 46.0 Å². The Balaban J connectivity index is 1.84. The fourth-order valence-corrected chi connectivity index (χ4v) is 4.39. The summed E-state index contributed by atoms with van der Waals surface area (Å²) in [6.07, 6.45) is 1.84. The van der Waals surface area contributed by atoms with Gasteiger partial charge >= 0.3 is 0 Å². The molecular weight excluding hydrogens is 332 g/mol. The van der Waals surface area contributed by atoms with Gasteiger partial charge in [-0.1, -0.05) is 11.8 Å². The van der Waals surface area contributed by atoms with E-state index in [4.69, 9.17) is 0 Å². The van der Waals surface area contributed by atoms with Gasteiger partial charge in [0, 0.05) is 28.7 Å². The Morgan fingerprint density at radius 3 is 3.00 bits per heavy atom. The number of hydrogen-bond donors (Lipinski definition) is 1. The molecule has 94 valence electrons. The van der Waals surface area contributed by atoms with E-state index in [-0.39, 0.29) is 0 Å². The highest BCUT2D eigenvalue weighted by molar-refractivity contribution is 9.10. The second-order valence-corrected chi connectivity index (χ2v) is 6.56. The SMILES string of the molecule is Cc1cnc(SCc2nc3scc(C)n3c2Br)[nH]1. The molecule has 3 heterocycles. The molecule has 0 aliphatic heterocycles. The van der Waals surface area contributed by atoms with Gasteiger partial charge in [-0.25, -0.2) is 9.97 Å². The first kappa shape index (κ1) is 12.3. The summed E-state index contributed by atoms with van der Waals surface area (Å²) in [7, 11) is 0. The van der Waals surface area contributed by atoms with Crippen molar-refractivity contribution < 1.29 is 0 Å². The van der Waals surface area contributed by atoms with E-state index in [1.165, 1.54) is 5.69 Å². The highest BCUT2D eigenvalue weighted by Crippen LogP contribution is 2.29. The molecule has 0 unspecified atom stereocenters. The van der Waals surface area contributed by atoms with Crippen molar-refractivity contribution in [3.63, 3.8) is 0 Å². The summed E-state index contributed by atoms with van der Waals surface area (Å²) in [5, 5.41) is 3.05. The number of aryl methyl sites for hydroxylation is 2. The van der Waals surface area contributed by atoms with E-state index >= 15 is 0 Å². The van der Waals surface area contributed by atoms with E-state index in [9.17, 15) is 0 Å². The van der Waals surface area contributed by atoms with E-state index in [0.29, 0.717) is 0 Å². The normalized spacial score (nSPS) is 11.5. The number of fused-ring (bicyclic) bond motifs is 1. The smallest absolute Gasteiger partial charge is 0.195 e. The van der Waals surface area contributed by atoms with Crippen molar-refractivity contribution in [1.82, 2.24) is 19.4 Å². The second kappa shape index (κ2) is 4.71. The average Bonchev–Trinajstić information content (AvgIpc) is 2.98. The van der Waals surface area contributed by atoms with Gasteiger partial charge < -0.3 is 4.98 Å². The molecule has 0 amide bonds. The summed E-state index contributed by atoms with van der Waals surface area (Å²) < 4.78 is 3.18. The average molecular weight is 343 g/mol. The van der Waals surface area contributed by atoms with Crippen molar-refractivity contribution in [2.45, 2.75) is 24.8 Å². The first-order valence-electron chi connectivity index (χ1n) is 5.40. The number of H-pyrrole nitrogens is 1. The molecule has 0 saturated heterocycles. The Labute approximate surface area is 121 Å². The van der Waals surface area contributed by atoms with Gasteiger partial charge in [0.1, 0.15) is 4.60 Å². The molecule has 0 aliphatic carbocycles. The molecule has 0 spiro atoms. The lowest BCUT2D eigenvalue weighted by Crippen LogP contribution is -1.86. The van der Waals surface area contributed by atoms with Crippen molar-refractivity contribution in [3.8, 4) is 0 Å². The van der Waals surface area contributed by atoms with Crippen molar-refractivity contribution in [2.75, 3.05) is 0 Å². The van der Waals surface area contributed by atoms with Crippen molar-refractivity contribution in [2.24, 2.45) is 0 Å². The van der Waals surface area contributed by atoms with Gasteiger partial charge in [0.25, 0.3) is 0 Å². The number of nitrogens with one attached hydrogen (secondary N) is 1. The standard InChI is InChI=1S/C11H11BrN4S2/c1-6-3-13-10(14-6)17-5-8-9(12)16-7(2)4-18-11(16)15-8/h3-4H,5H2,1-2H3,(H,13,14). The van der Waals surface area contributed by atoms with Crippen LogP contribution in [0, 0.1) is 13.8 Å². The number of nitrogens with zero attached hydrogens (tertiary/aromatic N) is 3. The number of rotatable bonds is 3. The quantitative estimate of drug-likeness (QED) is 0.736. The van der Waals surface area contributed by atoms with Gasteiger partial charge in [-0.05, 0) is 29.8 Å². The van der Waals surface area contributed by atoms with Crippen LogP contribution in [0.4, 0.5) is 0 Å². The third-order valence-electron chi connectivity index (χ3n) is 2.57. The van der Waals surface area contributed by atoms with E-state index in [2.05, 4.69) is 47.6 Å². The summed E-state index contributed by atoms with van der Waals surface area (Å²) in [6.45, 7) is 4.09. The molecule has 3 rings (SSSR count). The zero-order valence-electron chi connectivity index (χ0n) is 9.90. The predicted molar refractivity (Wildman–Crippen MR) is 78.4 cm³/mol. The van der Waals surface area contributed by atoms with Crippen LogP contribution in [0.2, 0.25) is 0 Å². The lowest BCUT2D eigenvalue weighted by Gasteiger charge is -1.97. The molecule has 0 bridgehead atoms. The summed E-state index contributed by atoms with van der Waals surface area (Å²) in [6, 6.07) is 0. The molecule has 0 atom stereocenters.